The predicted molar refractivity (Wildman–Crippen MR) is 77.9 cm³/mol. The molecule has 2 aromatic rings. The summed E-state index contributed by atoms with van der Waals surface area (Å²) >= 11 is 3.55. The number of carbonyl (C=O) groups excluding carboxylic acids is 1. The van der Waals surface area contributed by atoms with Crippen molar-refractivity contribution < 1.29 is 14.3 Å². The molecular weight excluding hydrogens is 475 g/mol. The molecule has 0 saturated heterocycles. The minimum atomic E-state index is -1.29. The van der Waals surface area contributed by atoms with Crippen LogP contribution in [0, 0.1) is 15.2 Å². The number of hydrogen-bond acceptors (Lipinski definition) is 3. The average Bonchev–Trinajstić information content (AvgIpc) is 2.40. The van der Waals surface area contributed by atoms with Crippen molar-refractivity contribution in [2.24, 2.45) is 0 Å². The molecular formula is C13H6FO2PSTl+. The van der Waals surface area contributed by atoms with Crippen LogP contribution in [0.25, 0.3) is 10.8 Å². The molecule has 0 aliphatic carbocycles. The Morgan fingerprint density at radius 2 is 2.21 bits per heavy atom. The molecule has 6 heteroatoms. The first-order valence-corrected chi connectivity index (χ1v) is 15.5. The summed E-state index contributed by atoms with van der Waals surface area (Å²) in [5.41, 5.74) is 0.458. The molecule has 0 amide bonds. The third-order valence-electron chi connectivity index (χ3n) is 2.52. The molecule has 2 nitrogen and oxygen atoms in total. The predicted octanol–water partition coefficient (Wildman–Crippen LogP) is 2.83. The molecule has 19 heavy (non-hydrogen) atoms. The summed E-state index contributed by atoms with van der Waals surface area (Å²) in [6.45, 7) is 0. The van der Waals surface area contributed by atoms with E-state index in [9.17, 15) is 14.3 Å². The fourth-order valence-electron chi connectivity index (χ4n) is 1.80. The van der Waals surface area contributed by atoms with Crippen LogP contribution in [0.4, 0.5) is 4.39 Å². The van der Waals surface area contributed by atoms with E-state index in [1.54, 1.807) is 0 Å². The molecule has 0 atom stereocenters. The van der Waals surface area contributed by atoms with Gasteiger partial charge in [0, 0.05) is 0 Å². The van der Waals surface area contributed by atoms with Crippen molar-refractivity contribution in [3.05, 3.63) is 41.2 Å². The molecule has 0 radical (unpaired) electrons. The molecule has 2 rings (SSSR count). The summed E-state index contributed by atoms with van der Waals surface area (Å²) in [5, 5.41) is 10.6. The van der Waals surface area contributed by atoms with E-state index in [0.717, 1.165) is 4.00 Å². The molecule has 90 valence electrons. The summed E-state index contributed by atoms with van der Waals surface area (Å²) in [4.78, 5) is 11.1. The molecule has 2 aromatic carbocycles. The van der Waals surface area contributed by atoms with Gasteiger partial charge in [-0.25, -0.2) is 0 Å². The van der Waals surface area contributed by atoms with Crippen molar-refractivity contribution in [2.45, 2.75) is 0 Å². The molecule has 0 heterocycles. The molecule has 0 aliphatic heterocycles. The second kappa shape index (κ2) is 6.60. The van der Waals surface area contributed by atoms with Crippen molar-refractivity contribution in [2.75, 3.05) is 0 Å². The first kappa shape index (κ1) is 14.6. The Morgan fingerprint density at radius 3 is 2.89 bits per heavy atom. The summed E-state index contributed by atoms with van der Waals surface area (Å²) in [6, 6.07) is 5.62. The normalized spacial score (nSPS) is 9.32. The fraction of sp³-hybridized carbons (Fsp3) is 0. The van der Waals surface area contributed by atoms with E-state index in [2.05, 4.69) is 9.40 Å². The van der Waals surface area contributed by atoms with Crippen molar-refractivity contribution >= 4 is 56.0 Å². The zero-order chi connectivity index (χ0) is 13.8. The second-order valence-electron chi connectivity index (χ2n) is 3.68. The van der Waals surface area contributed by atoms with Gasteiger partial charge in [0.05, 0.1) is 0 Å². The minimum absolute atomic E-state index is 0.0248. The van der Waals surface area contributed by atoms with Crippen LogP contribution >= 0.6 is 4.00 Å². The zero-order valence-corrected chi connectivity index (χ0v) is 15.8. The number of benzene rings is 2. The Balaban J connectivity index is 2.89. The van der Waals surface area contributed by atoms with Crippen LogP contribution in [0.2, 0.25) is 0 Å². The van der Waals surface area contributed by atoms with E-state index in [1.165, 1.54) is 24.3 Å². The van der Waals surface area contributed by atoms with Crippen LogP contribution in [0.1, 0.15) is 15.9 Å². The van der Waals surface area contributed by atoms with Gasteiger partial charge in [0.2, 0.25) is 0 Å². The quantitative estimate of drug-likeness (QED) is 0.295. The zero-order valence-electron chi connectivity index (χ0n) is 9.55. The Kier molecular flexibility index (Phi) is 5.08. The number of rotatable bonds is 1. The van der Waals surface area contributed by atoms with E-state index in [-0.39, 0.29) is 16.9 Å². The SMILES string of the molecule is O=Cc1cc(O)cc2ccc(F)c(C#[C][Tl]=[P+]=S)c12. The van der Waals surface area contributed by atoms with Crippen LogP contribution in [-0.4, -0.2) is 34.5 Å². The van der Waals surface area contributed by atoms with Crippen molar-refractivity contribution in [1.82, 2.24) is 0 Å². The Labute approximate surface area is 126 Å². The number of carbonyl (C=O) groups is 1. The average molecular weight is 481 g/mol. The third-order valence-corrected chi connectivity index (χ3v) is 8.83. The van der Waals surface area contributed by atoms with Gasteiger partial charge in [-0.2, -0.15) is 0 Å². The molecule has 0 unspecified atom stereocenters. The topological polar surface area (TPSA) is 37.3 Å². The third kappa shape index (κ3) is 3.22. The van der Waals surface area contributed by atoms with Gasteiger partial charge >= 0.3 is 127 Å². The van der Waals surface area contributed by atoms with Gasteiger partial charge in [0.1, 0.15) is 0 Å². The summed E-state index contributed by atoms with van der Waals surface area (Å²) < 4.78 is 17.7. The monoisotopic (exact) mass is 481 g/mol. The van der Waals surface area contributed by atoms with E-state index >= 15 is 0 Å². The number of aromatic hydroxyl groups is 1. The second-order valence-corrected chi connectivity index (χ2v) is 16.3. The summed E-state index contributed by atoms with van der Waals surface area (Å²) in [6.07, 6.45) is 0.598. The number of phenols is 1. The summed E-state index contributed by atoms with van der Waals surface area (Å²) in [7, 11) is 0. The number of fused-ring (bicyclic) bond motifs is 1. The molecule has 0 spiro atoms. The maximum absolute atomic E-state index is 13.9. The number of aldehydes is 1. The Hall–Kier alpha value is -0.768. The number of phenolic OH excluding ortho intramolecular Hbond substituents is 1. The van der Waals surface area contributed by atoms with Crippen molar-refractivity contribution in [3.63, 3.8) is 0 Å². The maximum atomic E-state index is 13.9. The number of halogens is 1. The molecule has 0 bridgehead atoms. The Bertz CT molecular complexity index is 789. The van der Waals surface area contributed by atoms with E-state index in [0.29, 0.717) is 17.1 Å². The van der Waals surface area contributed by atoms with Gasteiger partial charge in [-0.05, 0) is 0 Å². The van der Waals surface area contributed by atoms with Crippen molar-refractivity contribution in [1.29, 1.82) is 0 Å². The van der Waals surface area contributed by atoms with Gasteiger partial charge in [-0.15, -0.1) is 0 Å². The van der Waals surface area contributed by atoms with Crippen LogP contribution in [-0.2, 0) is 11.8 Å². The Morgan fingerprint density at radius 1 is 1.42 bits per heavy atom. The van der Waals surface area contributed by atoms with Gasteiger partial charge in [-0.1, -0.05) is 0 Å². The molecule has 0 aliphatic rings. The molecule has 0 saturated carbocycles. The first-order chi connectivity index (χ1) is 9.17. The standard InChI is InChI=1S/C13H6FO2.PS.Tl/c1-2-11-12(14)4-3-8-5-10(16)6-9(7-15)13(8)11;1-2;/h3-7,16H;;/q;-1;+2. The van der Waals surface area contributed by atoms with Gasteiger partial charge in [0.25, 0.3) is 0 Å². The van der Waals surface area contributed by atoms with Crippen LogP contribution in [0.15, 0.2) is 24.3 Å². The van der Waals surface area contributed by atoms with Crippen LogP contribution in [0.3, 0.4) is 0 Å². The van der Waals surface area contributed by atoms with Gasteiger partial charge < -0.3 is 0 Å². The van der Waals surface area contributed by atoms with Gasteiger partial charge in [0.15, 0.2) is 0 Å². The van der Waals surface area contributed by atoms with Crippen LogP contribution < -0.4 is 0 Å². The van der Waals surface area contributed by atoms with E-state index in [1.807, 2.05) is 0 Å². The van der Waals surface area contributed by atoms with E-state index < -0.39 is 28.9 Å². The van der Waals surface area contributed by atoms with Gasteiger partial charge in [-0.3, -0.25) is 0 Å². The molecule has 0 fully saturated rings. The van der Waals surface area contributed by atoms with Crippen LogP contribution in [0.5, 0.6) is 5.75 Å². The fourth-order valence-corrected chi connectivity index (χ4v) is 5.24. The number of hydrogen-bond donors (Lipinski definition) is 1. The first-order valence-electron chi connectivity index (χ1n) is 5.23. The van der Waals surface area contributed by atoms with Crippen molar-refractivity contribution in [3.8, 4) is 15.1 Å². The molecule has 0 aromatic heterocycles. The molecule has 1 N–H and O–H groups in total. The summed E-state index contributed by atoms with van der Waals surface area (Å²) in [5.74, 6) is 2.32. The van der Waals surface area contributed by atoms with E-state index in [4.69, 9.17) is 11.8 Å².